The lowest BCUT2D eigenvalue weighted by atomic mass is 9.91. The second kappa shape index (κ2) is 5.12. The third-order valence-electron chi connectivity index (χ3n) is 3.04. The average Bonchev–Trinajstić information content (AvgIpc) is 2.33. The summed E-state index contributed by atoms with van der Waals surface area (Å²) >= 11 is 0. The maximum atomic E-state index is 11.7. The van der Waals surface area contributed by atoms with Crippen molar-refractivity contribution in [2.24, 2.45) is 5.92 Å². The Morgan fingerprint density at radius 1 is 1.38 bits per heavy atom. The van der Waals surface area contributed by atoms with Crippen molar-refractivity contribution < 1.29 is 9.53 Å². The third-order valence-corrected chi connectivity index (χ3v) is 3.04. The van der Waals surface area contributed by atoms with Gasteiger partial charge in [-0.2, -0.15) is 0 Å². The lowest BCUT2D eigenvalue weighted by Crippen LogP contribution is -2.37. The van der Waals surface area contributed by atoms with Crippen molar-refractivity contribution in [3.8, 4) is 5.75 Å². The average molecular weight is 219 g/mol. The van der Waals surface area contributed by atoms with Gasteiger partial charge in [-0.3, -0.25) is 4.79 Å². The highest BCUT2D eigenvalue weighted by molar-refractivity contribution is 5.82. The first-order chi connectivity index (χ1) is 7.79. The monoisotopic (exact) mass is 219 g/mol. The summed E-state index contributed by atoms with van der Waals surface area (Å²) < 4.78 is 5.10. The molecule has 1 atom stereocenters. The van der Waals surface area contributed by atoms with Crippen molar-refractivity contribution in [2.45, 2.75) is 12.8 Å². The maximum absolute atomic E-state index is 11.7. The molecule has 1 heterocycles. The lowest BCUT2D eigenvalue weighted by Gasteiger charge is -2.21. The van der Waals surface area contributed by atoms with E-state index >= 15 is 0 Å². The molecule has 1 N–H and O–H groups in total. The first kappa shape index (κ1) is 11.1. The first-order valence-corrected chi connectivity index (χ1v) is 5.66. The molecule has 0 saturated carbocycles. The minimum Gasteiger partial charge on any atom is -0.497 e. The molecule has 3 nitrogen and oxygen atoms in total. The number of ketones is 1. The fourth-order valence-electron chi connectivity index (χ4n) is 2.04. The predicted molar refractivity (Wildman–Crippen MR) is 62.7 cm³/mol. The second-order valence-electron chi connectivity index (χ2n) is 4.17. The number of carbonyl (C=O) groups excluding carboxylic acids is 1. The summed E-state index contributed by atoms with van der Waals surface area (Å²) in [5, 5.41) is 3.26. The Morgan fingerprint density at radius 2 is 2.12 bits per heavy atom. The summed E-state index contributed by atoms with van der Waals surface area (Å²) in [4.78, 5) is 11.7. The lowest BCUT2D eigenvalue weighted by molar-refractivity contribution is -0.123. The van der Waals surface area contributed by atoms with Gasteiger partial charge in [-0.05, 0) is 24.1 Å². The second-order valence-corrected chi connectivity index (χ2v) is 4.17. The molecule has 0 amide bonds. The van der Waals surface area contributed by atoms with Crippen LogP contribution in [-0.4, -0.2) is 26.0 Å². The van der Waals surface area contributed by atoms with Gasteiger partial charge in [-0.1, -0.05) is 12.1 Å². The number of hydrogen-bond acceptors (Lipinski definition) is 3. The standard InChI is InChI=1S/C13H17NO2/c1-16-12-4-2-10(3-5-12)8-11-9-14-7-6-13(11)15/h2-5,11,14H,6-9H2,1H3. The van der Waals surface area contributed by atoms with Gasteiger partial charge in [0.05, 0.1) is 7.11 Å². The van der Waals surface area contributed by atoms with Gasteiger partial charge in [0, 0.05) is 25.4 Å². The summed E-state index contributed by atoms with van der Waals surface area (Å²) in [6.45, 7) is 1.64. The quantitative estimate of drug-likeness (QED) is 0.835. The summed E-state index contributed by atoms with van der Waals surface area (Å²) in [6, 6.07) is 7.94. The van der Waals surface area contributed by atoms with Crippen LogP contribution in [0, 0.1) is 5.92 Å². The topological polar surface area (TPSA) is 38.3 Å². The number of Topliss-reactive ketones (excluding diaryl/α,β-unsaturated/α-hetero) is 1. The molecule has 0 spiro atoms. The van der Waals surface area contributed by atoms with Crippen molar-refractivity contribution in [1.29, 1.82) is 0 Å². The third kappa shape index (κ3) is 2.61. The van der Waals surface area contributed by atoms with Crippen LogP contribution in [0.2, 0.25) is 0 Å². The highest BCUT2D eigenvalue weighted by atomic mass is 16.5. The molecular weight excluding hydrogens is 202 g/mol. The van der Waals surface area contributed by atoms with E-state index in [0.717, 1.165) is 25.3 Å². The summed E-state index contributed by atoms with van der Waals surface area (Å²) in [7, 11) is 1.66. The molecule has 1 aromatic rings. The number of methoxy groups -OCH3 is 1. The van der Waals surface area contributed by atoms with Gasteiger partial charge >= 0.3 is 0 Å². The Balaban J connectivity index is 1.99. The Bertz CT molecular complexity index is 359. The fraction of sp³-hybridized carbons (Fsp3) is 0.462. The summed E-state index contributed by atoms with van der Waals surface area (Å²) in [6.07, 6.45) is 1.50. The molecule has 1 aliphatic heterocycles. The normalized spacial score (nSPS) is 20.8. The number of rotatable bonds is 3. The Labute approximate surface area is 95.8 Å². The van der Waals surface area contributed by atoms with Crippen molar-refractivity contribution in [3.05, 3.63) is 29.8 Å². The van der Waals surface area contributed by atoms with Gasteiger partial charge in [-0.15, -0.1) is 0 Å². The van der Waals surface area contributed by atoms with Crippen LogP contribution in [-0.2, 0) is 11.2 Å². The van der Waals surface area contributed by atoms with Crippen LogP contribution in [0.15, 0.2) is 24.3 Å². The predicted octanol–water partition coefficient (Wildman–Crippen LogP) is 1.42. The number of hydrogen-bond donors (Lipinski definition) is 1. The molecule has 0 radical (unpaired) electrons. The van der Waals surface area contributed by atoms with Crippen molar-refractivity contribution in [2.75, 3.05) is 20.2 Å². The number of benzene rings is 1. The zero-order valence-electron chi connectivity index (χ0n) is 9.53. The van der Waals surface area contributed by atoms with Crippen molar-refractivity contribution in [1.82, 2.24) is 5.32 Å². The number of ether oxygens (including phenoxy) is 1. The SMILES string of the molecule is COc1ccc(CC2CNCCC2=O)cc1. The van der Waals surface area contributed by atoms with Gasteiger partial charge in [0.15, 0.2) is 0 Å². The molecule has 86 valence electrons. The fourth-order valence-corrected chi connectivity index (χ4v) is 2.04. The van der Waals surface area contributed by atoms with E-state index in [1.807, 2.05) is 24.3 Å². The van der Waals surface area contributed by atoms with Gasteiger partial charge < -0.3 is 10.1 Å². The van der Waals surface area contributed by atoms with Gasteiger partial charge in [0.2, 0.25) is 0 Å². The first-order valence-electron chi connectivity index (χ1n) is 5.66. The van der Waals surface area contributed by atoms with E-state index < -0.39 is 0 Å². The van der Waals surface area contributed by atoms with E-state index in [4.69, 9.17) is 4.74 Å². The molecule has 1 aliphatic rings. The molecular formula is C13H17NO2. The van der Waals surface area contributed by atoms with Crippen molar-refractivity contribution in [3.63, 3.8) is 0 Å². The van der Waals surface area contributed by atoms with E-state index in [2.05, 4.69) is 5.32 Å². The molecule has 16 heavy (non-hydrogen) atoms. The molecule has 3 heteroatoms. The van der Waals surface area contributed by atoms with Crippen LogP contribution < -0.4 is 10.1 Å². The minimum absolute atomic E-state index is 0.141. The molecule has 1 fully saturated rings. The number of carbonyl (C=O) groups is 1. The zero-order chi connectivity index (χ0) is 11.4. The van der Waals surface area contributed by atoms with Crippen LogP contribution in [0.4, 0.5) is 0 Å². The molecule has 0 aromatic heterocycles. The highest BCUT2D eigenvalue weighted by Crippen LogP contribution is 2.16. The number of nitrogens with one attached hydrogen (secondary N) is 1. The molecule has 2 rings (SSSR count). The maximum Gasteiger partial charge on any atom is 0.138 e. The van der Waals surface area contributed by atoms with Crippen molar-refractivity contribution >= 4 is 5.78 Å². The van der Waals surface area contributed by atoms with Crippen LogP contribution in [0.3, 0.4) is 0 Å². The number of piperidine rings is 1. The van der Waals surface area contributed by atoms with Crippen LogP contribution in [0.25, 0.3) is 0 Å². The molecule has 1 unspecified atom stereocenters. The highest BCUT2D eigenvalue weighted by Gasteiger charge is 2.21. The van der Waals surface area contributed by atoms with Crippen LogP contribution in [0.1, 0.15) is 12.0 Å². The van der Waals surface area contributed by atoms with Gasteiger partial charge in [0.1, 0.15) is 11.5 Å². The van der Waals surface area contributed by atoms with Gasteiger partial charge in [-0.25, -0.2) is 0 Å². The van der Waals surface area contributed by atoms with E-state index in [1.54, 1.807) is 7.11 Å². The minimum atomic E-state index is 0.141. The van der Waals surface area contributed by atoms with Crippen LogP contribution in [0.5, 0.6) is 5.75 Å². The summed E-state index contributed by atoms with van der Waals surface area (Å²) in [5.41, 5.74) is 1.20. The zero-order valence-corrected chi connectivity index (χ0v) is 9.53. The Morgan fingerprint density at radius 3 is 2.75 bits per heavy atom. The molecule has 0 aliphatic carbocycles. The molecule has 1 aromatic carbocycles. The van der Waals surface area contributed by atoms with Gasteiger partial charge in [0.25, 0.3) is 0 Å². The smallest absolute Gasteiger partial charge is 0.138 e. The molecule has 0 bridgehead atoms. The van der Waals surface area contributed by atoms with E-state index in [-0.39, 0.29) is 5.92 Å². The Kier molecular flexibility index (Phi) is 3.57. The molecule has 1 saturated heterocycles. The van der Waals surface area contributed by atoms with E-state index in [1.165, 1.54) is 5.56 Å². The van der Waals surface area contributed by atoms with Crippen LogP contribution >= 0.6 is 0 Å². The van der Waals surface area contributed by atoms with E-state index in [9.17, 15) is 4.79 Å². The Hall–Kier alpha value is -1.35. The van der Waals surface area contributed by atoms with E-state index in [0.29, 0.717) is 12.2 Å². The summed E-state index contributed by atoms with van der Waals surface area (Å²) in [5.74, 6) is 1.38. The largest absolute Gasteiger partial charge is 0.497 e.